The van der Waals surface area contributed by atoms with E-state index in [1.54, 1.807) is 0 Å². The summed E-state index contributed by atoms with van der Waals surface area (Å²) in [5.41, 5.74) is 0.818. The van der Waals surface area contributed by atoms with Gasteiger partial charge in [-0.25, -0.2) is 0 Å². The number of esters is 2. The van der Waals surface area contributed by atoms with Crippen molar-refractivity contribution < 1.29 is 14.3 Å². The van der Waals surface area contributed by atoms with Gasteiger partial charge in [0, 0.05) is 0 Å². The zero-order valence-corrected chi connectivity index (χ0v) is 9.49. The molecule has 3 heteroatoms. The van der Waals surface area contributed by atoms with E-state index in [-0.39, 0.29) is 23.8 Å². The molecule has 0 amide bonds. The minimum absolute atomic E-state index is 0.230. The predicted octanol–water partition coefficient (Wildman–Crippen LogP) is 2.21. The van der Waals surface area contributed by atoms with Crippen molar-refractivity contribution in [1.29, 1.82) is 0 Å². The first-order valence-corrected chi connectivity index (χ1v) is 6.09. The molecule has 1 saturated carbocycles. The van der Waals surface area contributed by atoms with Gasteiger partial charge in [0.15, 0.2) is 0 Å². The van der Waals surface area contributed by atoms with E-state index in [2.05, 4.69) is 6.08 Å². The van der Waals surface area contributed by atoms with E-state index in [4.69, 9.17) is 4.74 Å². The molecule has 3 aliphatic rings. The third kappa shape index (κ3) is 1.09. The summed E-state index contributed by atoms with van der Waals surface area (Å²) in [6, 6.07) is 0. The van der Waals surface area contributed by atoms with Crippen LogP contribution in [0.1, 0.15) is 39.0 Å². The summed E-state index contributed by atoms with van der Waals surface area (Å²) in [5.74, 6) is -0.584. The second kappa shape index (κ2) is 3.19. The Bertz CT molecular complexity index is 396. The zero-order valence-electron chi connectivity index (χ0n) is 9.49. The summed E-state index contributed by atoms with van der Waals surface area (Å²) >= 11 is 0. The standard InChI is InChI=1S/C13H16O3/c1-13-9-5-3-2-4-8(9)6-7-10(13)11(14)16-12(13)15/h6,9-10H,2-5,7H2,1H3/t9-,10+,13-/m0/s1. The molecule has 0 aromatic rings. The van der Waals surface area contributed by atoms with E-state index in [1.807, 2.05) is 6.92 Å². The highest BCUT2D eigenvalue weighted by Gasteiger charge is 2.60. The maximum Gasteiger partial charge on any atom is 0.320 e. The molecule has 0 unspecified atom stereocenters. The number of carbonyl (C=O) groups excluding carboxylic acids is 2. The second-order valence-corrected chi connectivity index (χ2v) is 5.36. The Morgan fingerprint density at radius 3 is 2.94 bits per heavy atom. The Morgan fingerprint density at radius 1 is 1.31 bits per heavy atom. The first-order chi connectivity index (χ1) is 7.64. The molecule has 16 heavy (non-hydrogen) atoms. The second-order valence-electron chi connectivity index (χ2n) is 5.36. The smallest absolute Gasteiger partial charge is 0.320 e. The molecule has 0 N–H and O–H groups in total. The molecule has 3 nitrogen and oxygen atoms in total. The molecule has 1 saturated heterocycles. The minimum Gasteiger partial charge on any atom is -0.392 e. The van der Waals surface area contributed by atoms with Gasteiger partial charge in [0.25, 0.3) is 0 Å². The average Bonchev–Trinajstić information content (AvgIpc) is 2.51. The van der Waals surface area contributed by atoms with E-state index in [1.165, 1.54) is 12.0 Å². The van der Waals surface area contributed by atoms with Crippen LogP contribution in [-0.2, 0) is 14.3 Å². The number of hydrogen-bond donors (Lipinski definition) is 0. The van der Waals surface area contributed by atoms with Crippen molar-refractivity contribution in [1.82, 2.24) is 0 Å². The van der Waals surface area contributed by atoms with Crippen molar-refractivity contribution in [2.75, 3.05) is 0 Å². The van der Waals surface area contributed by atoms with Gasteiger partial charge in [0.05, 0.1) is 11.3 Å². The monoisotopic (exact) mass is 220 g/mol. The number of ether oxygens (including phenoxy) is 1. The van der Waals surface area contributed by atoms with Crippen molar-refractivity contribution in [3.63, 3.8) is 0 Å². The molecule has 0 aromatic carbocycles. The average molecular weight is 220 g/mol. The van der Waals surface area contributed by atoms with Gasteiger partial charge in [-0.15, -0.1) is 0 Å². The minimum atomic E-state index is -0.568. The lowest BCUT2D eigenvalue weighted by molar-refractivity contribution is -0.155. The number of allylic oxidation sites excluding steroid dienone is 2. The van der Waals surface area contributed by atoms with Gasteiger partial charge >= 0.3 is 11.9 Å². The summed E-state index contributed by atoms with van der Waals surface area (Å²) in [6.07, 6.45) is 7.36. The molecule has 2 aliphatic carbocycles. The van der Waals surface area contributed by atoms with Gasteiger partial charge in [-0.1, -0.05) is 18.1 Å². The molecule has 86 valence electrons. The Kier molecular flexibility index (Phi) is 2.00. The normalized spacial score (nSPS) is 42.2. The molecule has 0 bridgehead atoms. The van der Waals surface area contributed by atoms with Crippen LogP contribution in [-0.4, -0.2) is 11.9 Å². The third-order valence-electron chi connectivity index (χ3n) is 4.64. The van der Waals surface area contributed by atoms with E-state index in [9.17, 15) is 9.59 Å². The molecule has 0 radical (unpaired) electrons. The van der Waals surface area contributed by atoms with E-state index in [0.29, 0.717) is 6.42 Å². The number of rotatable bonds is 0. The first kappa shape index (κ1) is 10.1. The summed E-state index contributed by atoms with van der Waals surface area (Å²) in [5, 5.41) is 0. The van der Waals surface area contributed by atoms with Gasteiger partial charge < -0.3 is 4.74 Å². The maximum absolute atomic E-state index is 11.9. The highest BCUT2D eigenvalue weighted by atomic mass is 16.6. The predicted molar refractivity (Wildman–Crippen MR) is 57.4 cm³/mol. The Balaban J connectivity index is 2.06. The van der Waals surface area contributed by atoms with E-state index >= 15 is 0 Å². The van der Waals surface area contributed by atoms with E-state index < -0.39 is 5.41 Å². The van der Waals surface area contributed by atoms with Crippen molar-refractivity contribution in [2.24, 2.45) is 17.3 Å². The van der Waals surface area contributed by atoms with Crippen LogP contribution in [0.4, 0.5) is 0 Å². The summed E-state index contributed by atoms with van der Waals surface area (Å²) in [7, 11) is 0. The summed E-state index contributed by atoms with van der Waals surface area (Å²) < 4.78 is 4.85. The summed E-state index contributed by atoms with van der Waals surface area (Å²) in [4.78, 5) is 23.6. The number of carbonyl (C=O) groups is 2. The lowest BCUT2D eigenvalue weighted by Gasteiger charge is -2.41. The van der Waals surface area contributed by atoms with Crippen LogP contribution in [0.25, 0.3) is 0 Å². The topological polar surface area (TPSA) is 43.4 Å². The Hall–Kier alpha value is -1.12. The maximum atomic E-state index is 11.9. The highest BCUT2D eigenvalue weighted by Crippen LogP contribution is 2.54. The first-order valence-electron chi connectivity index (χ1n) is 6.09. The van der Waals surface area contributed by atoms with Crippen molar-refractivity contribution in [3.8, 4) is 0 Å². The quantitative estimate of drug-likeness (QED) is 0.357. The largest absolute Gasteiger partial charge is 0.392 e. The molecule has 3 atom stereocenters. The van der Waals surface area contributed by atoms with Crippen LogP contribution in [0.15, 0.2) is 11.6 Å². The van der Waals surface area contributed by atoms with Crippen LogP contribution in [0.5, 0.6) is 0 Å². The van der Waals surface area contributed by atoms with Gasteiger partial charge in [0.1, 0.15) is 0 Å². The fraction of sp³-hybridized carbons (Fsp3) is 0.692. The number of cyclic esters (lactones) is 2. The zero-order chi connectivity index (χ0) is 11.3. The molecule has 0 aromatic heterocycles. The molecular formula is C13H16O3. The molecule has 1 heterocycles. The molecule has 2 fully saturated rings. The van der Waals surface area contributed by atoms with Gasteiger partial charge in [0.2, 0.25) is 0 Å². The van der Waals surface area contributed by atoms with Gasteiger partial charge in [-0.3, -0.25) is 9.59 Å². The highest BCUT2D eigenvalue weighted by molar-refractivity contribution is 5.99. The number of fused-ring (bicyclic) bond motifs is 3. The van der Waals surface area contributed by atoms with Crippen LogP contribution in [0.2, 0.25) is 0 Å². The van der Waals surface area contributed by atoms with E-state index in [0.717, 1.165) is 19.3 Å². The van der Waals surface area contributed by atoms with Crippen molar-refractivity contribution in [3.05, 3.63) is 11.6 Å². The van der Waals surface area contributed by atoms with Crippen LogP contribution >= 0.6 is 0 Å². The van der Waals surface area contributed by atoms with Crippen molar-refractivity contribution >= 4 is 11.9 Å². The lowest BCUT2D eigenvalue weighted by Crippen LogP contribution is -2.42. The van der Waals surface area contributed by atoms with Crippen LogP contribution in [0, 0.1) is 17.3 Å². The lowest BCUT2D eigenvalue weighted by atomic mass is 9.58. The van der Waals surface area contributed by atoms with Crippen molar-refractivity contribution in [2.45, 2.75) is 39.0 Å². The molecule has 1 aliphatic heterocycles. The Labute approximate surface area is 94.8 Å². The Morgan fingerprint density at radius 2 is 2.12 bits per heavy atom. The fourth-order valence-electron chi connectivity index (χ4n) is 3.62. The fourth-order valence-corrected chi connectivity index (χ4v) is 3.62. The third-order valence-corrected chi connectivity index (χ3v) is 4.64. The van der Waals surface area contributed by atoms with Crippen LogP contribution < -0.4 is 0 Å². The summed E-state index contributed by atoms with van der Waals surface area (Å²) in [6.45, 7) is 1.92. The SMILES string of the molecule is C[C@@]12C(=O)OC(=O)[C@H]1CC=C1CCCC[C@@H]12. The molecule has 0 spiro atoms. The van der Waals surface area contributed by atoms with Gasteiger partial charge in [-0.2, -0.15) is 0 Å². The molecule has 3 rings (SSSR count). The number of hydrogen-bond acceptors (Lipinski definition) is 3. The molecular weight excluding hydrogens is 204 g/mol. The van der Waals surface area contributed by atoms with Crippen LogP contribution in [0.3, 0.4) is 0 Å². The van der Waals surface area contributed by atoms with Gasteiger partial charge in [-0.05, 0) is 38.5 Å².